The number of carbonyl (C=O) groups is 1. The molecule has 0 bridgehead atoms. The molecule has 1 aliphatic heterocycles. The Morgan fingerprint density at radius 3 is 2.00 bits per heavy atom. The van der Waals surface area contributed by atoms with Crippen LogP contribution in [0, 0.1) is 17.8 Å². The van der Waals surface area contributed by atoms with Crippen LogP contribution in [0.1, 0.15) is 71.8 Å². The molecule has 32 heavy (non-hydrogen) atoms. The largest absolute Gasteiger partial charge is 0.396 e. The van der Waals surface area contributed by atoms with Crippen LogP contribution in [0.3, 0.4) is 0 Å². The Balaban J connectivity index is -0.000000405. The summed E-state index contributed by atoms with van der Waals surface area (Å²) >= 11 is 0. The highest BCUT2D eigenvalue weighted by atomic mass is 16.7. The van der Waals surface area contributed by atoms with Crippen LogP contribution in [0.25, 0.3) is 0 Å². The first-order valence-corrected chi connectivity index (χ1v) is 9.12. The van der Waals surface area contributed by atoms with Crippen molar-refractivity contribution in [2.24, 2.45) is 23.5 Å². The average Bonchev–Trinajstić information content (AvgIpc) is 2.60. The minimum Gasteiger partial charge on any atom is -0.396 e. The molecule has 2 fully saturated rings. The van der Waals surface area contributed by atoms with Crippen LogP contribution in [0.4, 0.5) is 0 Å². The molecule has 1 saturated heterocycles. The third-order valence-corrected chi connectivity index (χ3v) is 5.68. The molecule has 10 atom stereocenters. The lowest BCUT2D eigenvalue weighted by molar-refractivity contribution is -0.287. The fourth-order valence-electron chi connectivity index (χ4n) is 4.02. The van der Waals surface area contributed by atoms with E-state index in [1.165, 1.54) is 6.92 Å². The van der Waals surface area contributed by atoms with E-state index in [4.69, 9.17) is 15.2 Å². The van der Waals surface area contributed by atoms with Crippen molar-refractivity contribution < 1.29 is 34.7 Å². The lowest BCUT2D eigenvalue weighted by Gasteiger charge is -2.47. The molecule has 7 N–H and O–H groups in total. The van der Waals surface area contributed by atoms with Crippen molar-refractivity contribution in [1.29, 1.82) is 0 Å². The van der Waals surface area contributed by atoms with E-state index in [1.807, 2.05) is 6.92 Å². The molecule has 0 aromatic heterocycles. The third kappa shape index (κ3) is 8.85. The zero-order valence-corrected chi connectivity index (χ0v) is 15.5. The monoisotopic (exact) mass is 472 g/mol. The summed E-state index contributed by atoms with van der Waals surface area (Å²) in [4.78, 5) is 11.4. The molecule has 1 saturated carbocycles. The lowest BCUT2D eigenvalue weighted by atomic mass is 9.75. The van der Waals surface area contributed by atoms with Crippen LogP contribution < -0.4 is 11.1 Å². The first-order chi connectivity index (χ1) is 12.2. The molecular formula is C23H56N2O7. The third-order valence-electron chi connectivity index (χ3n) is 5.68. The topological polar surface area (TPSA) is 154 Å². The van der Waals surface area contributed by atoms with Gasteiger partial charge in [0.1, 0.15) is 6.10 Å². The first kappa shape index (κ1) is 41.4. The van der Waals surface area contributed by atoms with E-state index in [-0.39, 0.29) is 81.4 Å². The highest BCUT2D eigenvalue weighted by molar-refractivity contribution is 5.73. The van der Waals surface area contributed by atoms with Gasteiger partial charge in [0.2, 0.25) is 5.91 Å². The summed E-state index contributed by atoms with van der Waals surface area (Å²) in [6.45, 7) is 4.48. The molecule has 2 aliphatic rings. The Bertz CT molecular complexity index is 481. The molecule has 10 unspecified atom stereocenters. The highest BCUT2D eigenvalue weighted by Crippen LogP contribution is 2.34. The summed E-state index contributed by atoms with van der Waals surface area (Å²) in [5, 5.41) is 42.9. The zero-order valence-electron chi connectivity index (χ0n) is 15.5. The number of nitrogens with one attached hydrogen (secondary N) is 1. The smallest absolute Gasteiger partial charge is 0.217 e. The van der Waals surface area contributed by atoms with Gasteiger partial charge >= 0.3 is 0 Å². The van der Waals surface area contributed by atoms with Gasteiger partial charge in [-0.1, -0.05) is 58.4 Å². The lowest BCUT2D eigenvalue weighted by Crippen LogP contribution is -2.64. The minimum atomic E-state index is -1.07. The standard InChI is InChI=1S/C17H32N2O7.6CH4/c1-7-4-10(5-20)16(15(24)13(7)19-9(3)22)26-17-12(18)14(23)8(2)11(6-21)25-17;;;;;;/h7-8,10-17,20-21,23-24H,4-6,18H2,1-3H3,(H,19,22);6*1H4. The van der Waals surface area contributed by atoms with Crippen molar-refractivity contribution >= 4 is 5.91 Å². The van der Waals surface area contributed by atoms with Crippen molar-refractivity contribution in [3.8, 4) is 0 Å². The number of nitrogens with two attached hydrogens (primary N) is 1. The van der Waals surface area contributed by atoms with Gasteiger partial charge in [-0.15, -0.1) is 0 Å². The fraction of sp³-hybridized carbons (Fsp3) is 0.957. The molecule has 0 aromatic carbocycles. The fourth-order valence-corrected chi connectivity index (χ4v) is 4.02. The Hall–Kier alpha value is -0.810. The van der Waals surface area contributed by atoms with Gasteiger partial charge in [-0.25, -0.2) is 0 Å². The number of hydrogen-bond acceptors (Lipinski definition) is 8. The van der Waals surface area contributed by atoms with E-state index in [0.29, 0.717) is 6.42 Å². The average molecular weight is 473 g/mol. The molecule has 1 amide bonds. The van der Waals surface area contributed by atoms with Crippen LogP contribution in [0.5, 0.6) is 0 Å². The SMILES string of the molecule is C.C.C.C.C.C.CC(=O)NC1C(C)CC(CO)C(OC2OC(CO)C(C)C(O)C2N)C1O. The number of ether oxygens (including phenoxy) is 2. The highest BCUT2D eigenvalue weighted by Gasteiger charge is 2.48. The van der Waals surface area contributed by atoms with Crippen LogP contribution in [0.15, 0.2) is 0 Å². The van der Waals surface area contributed by atoms with Gasteiger partial charge in [-0.05, 0) is 12.3 Å². The summed E-state index contributed by atoms with van der Waals surface area (Å²) in [5.41, 5.74) is 6.03. The Labute approximate surface area is 197 Å². The summed E-state index contributed by atoms with van der Waals surface area (Å²) in [5.74, 6) is -1.06. The summed E-state index contributed by atoms with van der Waals surface area (Å²) in [6.07, 6.45) is -3.99. The van der Waals surface area contributed by atoms with E-state index in [9.17, 15) is 25.2 Å². The molecule has 0 spiro atoms. The first-order valence-electron chi connectivity index (χ1n) is 9.12. The Kier molecular flexibility index (Phi) is 22.8. The van der Waals surface area contributed by atoms with Gasteiger partial charge in [0, 0.05) is 25.4 Å². The summed E-state index contributed by atoms with van der Waals surface area (Å²) in [7, 11) is 0. The molecule has 0 radical (unpaired) electrons. The number of carbonyl (C=O) groups excluding carboxylic acids is 1. The zero-order chi connectivity index (χ0) is 19.6. The van der Waals surface area contributed by atoms with Gasteiger partial charge in [0.15, 0.2) is 6.29 Å². The molecule has 1 heterocycles. The van der Waals surface area contributed by atoms with Crippen molar-refractivity contribution in [1.82, 2.24) is 5.32 Å². The second-order valence-electron chi connectivity index (χ2n) is 7.63. The maximum atomic E-state index is 11.4. The molecule has 0 aromatic rings. The number of rotatable bonds is 5. The minimum absolute atomic E-state index is 0. The predicted octanol–water partition coefficient (Wildman–Crippen LogP) is 1.74. The van der Waals surface area contributed by atoms with Crippen LogP contribution in [-0.2, 0) is 14.3 Å². The maximum Gasteiger partial charge on any atom is 0.217 e. The normalized spacial score (nSPS) is 38.0. The van der Waals surface area contributed by atoms with E-state index in [1.54, 1.807) is 6.92 Å². The number of amides is 1. The molecule has 1 aliphatic carbocycles. The van der Waals surface area contributed by atoms with E-state index in [2.05, 4.69) is 5.32 Å². The Morgan fingerprint density at radius 1 is 1.03 bits per heavy atom. The summed E-state index contributed by atoms with van der Waals surface area (Å²) < 4.78 is 11.6. The van der Waals surface area contributed by atoms with Crippen molar-refractivity contribution in [3.05, 3.63) is 0 Å². The maximum absolute atomic E-state index is 11.4. The van der Waals surface area contributed by atoms with Gasteiger partial charge in [0.05, 0.1) is 37.0 Å². The van der Waals surface area contributed by atoms with Crippen molar-refractivity contribution in [3.63, 3.8) is 0 Å². The second-order valence-corrected chi connectivity index (χ2v) is 7.63. The Morgan fingerprint density at radius 2 is 1.56 bits per heavy atom. The molecule has 200 valence electrons. The number of aliphatic hydroxyl groups is 4. The number of hydrogen-bond donors (Lipinski definition) is 6. The van der Waals surface area contributed by atoms with Gasteiger partial charge in [-0.2, -0.15) is 0 Å². The van der Waals surface area contributed by atoms with Crippen LogP contribution >= 0.6 is 0 Å². The summed E-state index contributed by atoms with van der Waals surface area (Å²) in [6, 6.07) is -1.39. The van der Waals surface area contributed by atoms with Gasteiger partial charge in [0.25, 0.3) is 0 Å². The molecule has 9 heteroatoms. The molecular weight excluding hydrogens is 416 g/mol. The van der Waals surface area contributed by atoms with Crippen LogP contribution in [0.2, 0.25) is 0 Å². The van der Waals surface area contributed by atoms with E-state index >= 15 is 0 Å². The van der Waals surface area contributed by atoms with E-state index in [0.717, 1.165) is 0 Å². The number of aliphatic hydroxyl groups excluding tert-OH is 4. The van der Waals surface area contributed by atoms with E-state index < -0.39 is 42.8 Å². The van der Waals surface area contributed by atoms with Crippen molar-refractivity contribution in [2.45, 2.75) is 115 Å². The van der Waals surface area contributed by atoms with Gasteiger partial charge < -0.3 is 41.0 Å². The second kappa shape index (κ2) is 17.6. The molecule has 9 nitrogen and oxygen atoms in total. The van der Waals surface area contributed by atoms with Crippen LogP contribution in [-0.4, -0.2) is 82.3 Å². The quantitative estimate of drug-likeness (QED) is 0.353. The molecule has 2 rings (SSSR count). The van der Waals surface area contributed by atoms with Gasteiger partial charge in [-0.3, -0.25) is 4.79 Å². The predicted molar refractivity (Wildman–Crippen MR) is 132 cm³/mol. The van der Waals surface area contributed by atoms with Crippen molar-refractivity contribution in [2.75, 3.05) is 13.2 Å².